The SMILES string of the molecule is Cc1nn(C)c(Oc2ccc([N+](=O)[O-])c(Cl)c2)c1CN. The van der Waals surface area contributed by atoms with Gasteiger partial charge in [0.05, 0.1) is 16.2 Å². The van der Waals surface area contributed by atoms with E-state index >= 15 is 0 Å². The van der Waals surface area contributed by atoms with Crippen LogP contribution in [0.2, 0.25) is 5.02 Å². The Kier molecular flexibility index (Phi) is 3.91. The Hall–Kier alpha value is -2.12. The zero-order chi connectivity index (χ0) is 14.9. The van der Waals surface area contributed by atoms with Crippen LogP contribution in [0.5, 0.6) is 11.6 Å². The average Bonchev–Trinajstić information content (AvgIpc) is 2.63. The lowest BCUT2D eigenvalue weighted by Crippen LogP contribution is -2.01. The molecule has 0 fully saturated rings. The number of benzene rings is 1. The first-order valence-corrected chi connectivity index (χ1v) is 6.16. The van der Waals surface area contributed by atoms with Crippen molar-refractivity contribution in [2.24, 2.45) is 12.8 Å². The molecular formula is C12H13ClN4O3. The summed E-state index contributed by atoms with van der Waals surface area (Å²) in [5, 5.41) is 14.9. The van der Waals surface area contributed by atoms with Crippen LogP contribution < -0.4 is 10.5 Å². The standard InChI is InChI=1S/C12H13ClN4O3/c1-7-9(6-14)12(16(2)15-7)20-8-3-4-11(17(18)19)10(13)5-8/h3-5H,6,14H2,1-2H3. The number of nitro groups is 1. The highest BCUT2D eigenvalue weighted by Crippen LogP contribution is 2.32. The number of rotatable bonds is 4. The van der Waals surface area contributed by atoms with Crippen LogP contribution >= 0.6 is 11.6 Å². The van der Waals surface area contributed by atoms with Crippen molar-refractivity contribution in [3.8, 4) is 11.6 Å². The molecule has 1 aromatic carbocycles. The minimum absolute atomic E-state index is 0.0145. The van der Waals surface area contributed by atoms with E-state index in [1.54, 1.807) is 11.7 Å². The lowest BCUT2D eigenvalue weighted by Gasteiger charge is -2.08. The summed E-state index contributed by atoms with van der Waals surface area (Å²) in [6.07, 6.45) is 0. The number of ether oxygens (including phenoxy) is 1. The highest BCUT2D eigenvalue weighted by molar-refractivity contribution is 6.32. The summed E-state index contributed by atoms with van der Waals surface area (Å²) in [4.78, 5) is 10.1. The second-order valence-corrected chi connectivity index (χ2v) is 4.58. The van der Waals surface area contributed by atoms with Crippen molar-refractivity contribution < 1.29 is 9.66 Å². The number of nitrogens with two attached hydrogens (primary N) is 1. The van der Waals surface area contributed by atoms with Gasteiger partial charge in [-0.1, -0.05) is 11.6 Å². The quantitative estimate of drug-likeness (QED) is 0.691. The third-order valence-corrected chi connectivity index (χ3v) is 3.13. The van der Waals surface area contributed by atoms with Gasteiger partial charge >= 0.3 is 0 Å². The molecule has 0 unspecified atom stereocenters. The third-order valence-electron chi connectivity index (χ3n) is 2.82. The van der Waals surface area contributed by atoms with Gasteiger partial charge in [0.2, 0.25) is 5.88 Å². The number of nitrogens with zero attached hydrogens (tertiary/aromatic N) is 3. The molecule has 0 aliphatic carbocycles. The van der Waals surface area contributed by atoms with E-state index in [0.717, 1.165) is 11.3 Å². The van der Waals surface area contributed by atoms with Gasteiger partial charge in [-0.15, -0.1) is 0 Å². The van der Waals surface area contributed by atoms with Crippen LogP contribution in [0.15, 0.2) is 18.2 Å². The molecule has 0 radical (unpaired) electrons. The summed E-state index contributed by atoms with van der Waals surface area (Å²) >= 11 is 5.84. The zero-order valence-corrected chi connectivity index (χ0v) is 11.7. The Labute approximate surface area is 120 Å². The summed E-state index contributed by atoms with van der Waals surface area (Å²) in [5.41, 5.74) is 7.05. The van der Waals surface area contributed by atoms with Gasteiger partial charge in [0, 0.05) is 25.7 Å². The minimum atomic E-state index is -0.550. The first-order valence-electron chi connectivity index (χ1n) is 5.78. The van der Waals surface area contributed by atoms with Crippen molar-refractivity contribution in [1.82, 2.24) is 9.78 Å². The van der Waals surface area contributed by atoms with E-state index in [1.807, 2.05) is 6.92 Å². The van der Waals surface area contributed by atoms with E-state index in [-0.39, 0.29) is 17.3 Å². The average molecular weight is 297 g/mol. The van der Waals surface area contributed by atoms with Crippen LogP contribution in [-0.4, -0.2) is 14.7 Å². The second kappa shape index (κ2) is 5.48. The second-order valence-electron chi connectivity index (χ2n) is 4.17. The minimum Gasteiger partial charge on any atom is -0.439 e. The Morgan fingerprint density at radius 3 is 2.80 bits per heavy atom. The van der Waals surface area contributed by atoms with Crippen LogP contribution in [0, 0.1) is 17.0 Å². The predicted octanol–water partition coefficient (Wildman–Crippen LogP) is 2.54. The van der Waals surface area contributed by atoms with Crippen molar-refractivity contribution in [3.63, 3.8) is 0 Å². The molecule has 0 saturated heterocycles. The van der Waals surface area contributed by atoms with E-state index < -0.39 is 4.92 Å². The molecule has 2 aromatic rings. The largest absolute Gasteiger partial charge is 0.439 e. The van der Waals surface area contributed by atoms with Gasteiger partial charge in [-0.05, 0) is 13.0 Å². The summed E-state index contributed by atoms with van der Waals surface area (Å²) < 4.78 is 7.24. The molecule has 8 heteroatoms. The topological polar surface area (TPSA) is 96.2 Å². The van der Waals surface area contributed by atoms with Gasteiger partial charge in [0.25, 0.3) is 5.69 Å². The molecule has 0 aliphatic rings. The van der Waals surface area contributed by atoms with Gasteiger partial charge in [0.1, 0.15) is 10.8 Å². The fourth-order valence-electron chi connectivity index (χ4n) is 1.85. The summed E-state index contributed by atoms with van der Waals surface area (Å²) in [5.74, 6) is 0.883. The molecule has 1 aromatic heterocycles. The first-order chi connectivity index (χ1) is 9.43. The highest BCUT2D eigenvalue weighted by atomic mass is 35.5. The molecule has 0 atom stereocenters. The molecule has 106 valence electrons. The fourth-order valence-corrected chi connectivity index (χ4v) is 2.09. The summed E-state index contributed by atoms with van der Waals surface area (Å²) in [6, 6.07) is 4.16. The molecule has 0 bridgehead atoms. The Morgan fingerprint density at radius 2 is 2.25 bits per heavy atom. The predicted molar refractivity (Wildman–Crippen MR) is 74.0 cm³/mol. The smallest absolute Gasteiger partial charge is 0.288 e. The van der Waals surface area contributed by atoms with Crippen LogP contribution in [0.25, 0.3) is 0 Å². The Balaban J connectivity index is 2.36. The molecule has 20 heavy (non-hydrogen) atoms. The number of hydrogen-bond donors (Lipinski definition) is 1. The molecule has 7 nitrogen and oxygen atoms in total. The maximum Gasteiger partial charge on any atom is 0.288 e. The molecule has 2 N–H and O–H groups in total. The Bertz CT molecular complexity index is 669. The molecule has 0 aliphatic heterocycles. The first kappa shape index (κ1) is 14.3. The highest BCUT2D eigenvalue weighted by Gasteiger charge is 2.17. The van der Waals surface area contributed by atoms with Crippen molar-refractivity contribution >= 4 is 17.3 Å². The van der Waals surface area contributed by atoms with E-state index in [4.69, 9.17) is 22.1 Å². The van der Waals surface area contributed by atoms with Gasteiger partial charge < -0.3 is 10.5 Å². The summed E-state index contributed by atoms with van der Waals surface area (Å²) in [6.45, 7) is 2.12. The zero-order valence-electron chi connectivity index (χ0n) is 11.0. The monoisotopic (exact) mass is 296 g/mol. The molecular weight excluding hydrogens is 284 g/mol. The maximum atomic E-state index is 10.7. The molecule has 1 heterocycles. The lowest BCUT2D eigenvalue weighted by molar-refractivity contribution is -0.384. The summed E-state index contributed by atoms with van der Waals surface area (Å²) in [7, 11) is 1.73. The van der Waals surface area contributed by atoms with E-state index in [1.165, 1.54) is 18.2 Å². The van der Waals surface area contributed by atoms with Crippen molar-refractivity contribution in [1.29, 1.82) is 0 Å². The molecule has 0 spiro atoms. The number of hydrogen-bond acceptors (Lipinski definition) is 5. The number of halogens is 1. The molecule has 0 saturated carbocycles. The molecule has 0 amide bonds. The number of aromatic nitrogens is 2. The van der Waals surface area contributed by atoms with Crippen LogP contribution in [0.4, 0.5) is 5.69 Å². The van der Waals surface area contributed by atoms with Crippen molar-refractivity contribution in [2.75, 3.05) is 0 Å². The van der Waals surface area contributed by atoms with Crippen LogP contribution in [0.3, 0.4) is 0 Å². The lowest BCUT2D eigenvalue weighted by atomic mass is 10.2. The van der Waals surface area contributed by atoms with Gasteiger partial charge in [-0.3, -0.25) is 10.1 Å². The Morgan fingerprint density at radius 1 is 1.55 bits per heavy atom. The van der Waals surface area contributed by atoms with Crippen LogP contribution in [0.1, 0.15) is 11.3 Å². The van der Waals surface area contributed by atoms with E-state index in [2.05, 4.69) is 5.10 Å². The van der Waals surface area contributed by atoms with Gasteiger partial charge in [-0.25, -0.2) is 4.68 Å². The normalized spacial score (nSPS) is 10.6. The van der Waals surface area contributed by atoms with Crippen LogP contribution in [-0.2, 0) is 13.6 Å². The number of aryl methyl sites for hydroxylation is 2. The molecule has 2 rings (SSSR count). The number of nitro benzene ring substituents is 1. The fraction of sp³-hybridized carbons (Fsp3) is 0.250. The maximum absolute atomic E-state index is 10.7. The third kappa shape index (κ3) is 2.59. The van der Waals surface area contributed by atoms with Crippen molar-refractivity contribution in [3.05, 3.63) is 44.6 Å². The van der Waals surface area contributed by atoms with E-state index in [9.17, 15) is 10.1 Å². The van der Waals surface area contributed by atoms with Crippen molar-refractivity contribution in [2.45, 2.75) is 13.5 Å². The van der Waals surface area contributed by atoms with E-state index in [0.29, 0.717) is 11.6 Å². The van der Waals surface area contributed by atoms with Gasteiger partial charge in [-0.2, -0.15) is 5.10 Å². The van der Waals surface area contributed by atoms with Gasteiger partial charge in [0.15, 0.2) is 0 Å².